The number of pyridine rings is 2. The number of rotatable bonds is 3. The van der Waals surface area contributed by atoms with E-state index in [0.717, 1.165) is 59.6 Å². The molecule has 1 aliphatic carbocycles. The van der Waals surface area contributed by atoms with Crippen LogP contribution in [0.4, 0.5) is 5.69 Å². The molecule has 0 saturated carbocycles. The lowest BCUT2D eigenvalue weighted by atomic mass is 9.91. The van der Waals surface area contributed by atoms with Gasteiger partial charge in [0.2, 0.25) is 5.91 Å². The second-order valence-corrected chi connectivity index (χ2v) is 9.83. The van der Waals surface area contributed by atoms with Crippen LogP contribution in [0.25, 0.3) is 0 Å². The highest BCUT2D eigenvalue weighted by molar-refractivity contribution is 9.10. The number of piperidine rings is 1. The number of fused-ring (bicyclic) bond motifs is 2. The number of carbonyl (C=O) groups is 1. The van der Waals surface area contributed by atoms with Crippen LogP contribution in [-0.4, -0.2) is 40.9 Å². The van der Waals surface area contributed by atoms with Crippen LogP contribution in [0.3, 0.4) is 0 Å². The number of anilines is 1. The molecule has 0 bridgehead atoms. The molecule has 1 aliphatic heterocycles. The summed E-state index contributed by atoms with van der Waals surface area (Å²) in [7, 11) is 1.50. The van der Waals surface area contributed by atoms with Crippen molar-refractivity contribution < 1.29 is 4.79 Å². The van der Waals surface area contributed by atoms with Crippen LogP contribution in [0.5, 0.6) is 0 Å². The molecular formula is C26H29BrClN5O. The first-order valence-corrected chi connectivity index (χ1v) is 12.7. The first-order valence-electron chi connectivity index (χ1n) is 11.5. The third kappa shape index (κ3) is 5.49. The van der Waals surface area contributed by atoms with Gasteiger partial charge >= 0.3 is 0 Å². The standard InChI is InChI=1S/C25H24BrClN4O.CH5N/c26-19-13-18-2-1-17-14-20(27)3-4-22(17)24(23(18)29-15-19)31-11-7-16(8-12-31)25(32)30-21-5-9-28-10-6-21;1-2/h3-6,9-10,13-16,24H,1-2,7-8,11-12H2,(H,28,30,32);2H2,1H3. The molecule has 8 heteroatoms. The topological polar surface area (TPSA) is 84.1 Å². The molecule has 6 nitrogen and oxygen atoms in total. The van der Waals surface area contributed by atoms with E-state index in [0.29, 0.717) is 0 Å². The van der Waals surface area contributed by atoms with E-state index >= 15 is 0 Å². The van der Waals surface area contributed by atoms with Crippen molar-refractivity contribution in [3.63, 3.8) is 0 Å². The first-order chi connectivity index (χ1) is 16.6. The average molecular weight is 543 g/mol. The van der Waals surface area contributed by atoms with E-state index in [2.05, 4.69) is 55.1 Å². The smallest absolute Gasteiger partial charge is 0.227 e. The van der Waals surface area contributed by atoms with Gasteiger partial charge in [-0.05, 0) is 109 Å². The molecule has 1 atom stereocenters. The van der Waals surface area contributed by atoms with Crippen LogP contribution in [0.15, 0.2) is 59.5 Å². The third-order valence-corrected chi connectivity index (χ3v) is 7.17. The Kier molecular flexibility index (Phi) is 8.32. The molecule has 0 spiro atoms. The summed E-state index contributed by atoms with van der Waals surface area (Å²) in [6.07, 6.45) is 8.80. The maximum Gasteiger partial charge on any atom is 0.227 e. The molecule has 3 aromatic rings. The van der Waals surface area contributed by atoms with Gasteiger partial charge < -0.3 is 11.1 Å². The Bertz CT molecular complexity index is 1080. The minimum absolute atomic E-state index is 0.00669. The summed E-state index contributed by atoms with van der Waals surface area (Å²) in [5.74, 6) is 0.0959. The highest BCUT2D eigenvalue weighted by Crippen LogP contribution is 2.39. The van der Waals surface area contributed by atoms with E-state index in [1.54, 1.807) is 12.4 Å². The number of nitrogens with two attached hydrogens (primary N) is 1. The summed E-state index contributed by atoms with van der Waals surface area (Å²) in [5.41, 5.74) is 10.3. The van der Waals surface area contributed by atoms with E-state index < -0.39 is 0 Å². The Labute approximate surface area is 214 Å². The zero-order chi connectivity index (χ0) is 24.1. The number of hydrogen-bond acceptors (Lipinski definition) is 5. The number of hydrogen-bond donors (Lipinski definition) is 2. The van der Waals surface area contributed by atoms with Crippen molar-refractivity contribution in [1.29, 1.82) is 0 Å². The van der Waals surface area contributed by atoms with Gasteiger partial charge in [-0.3, -0.25) is 19.7 Å². The van der Waals surface area contributed by atoms with Crippen molar-refractivity contribution in [1.82, 2.24) is 14.9 Å². The molecule has 178 valence electrons. The Balaban J connectivity index is 0.00000133. The fraction of sp³-hybridized carbons (Fsp3) is 0.346. The maximum atomic E-state index is 12.8. The maximum absolute atomic E-state index is 12.8. The molecule has 1 unspecified atom stereocenters. The molecule has 5 rings (SSSR count). The van der Waals surface area contributed by atoms with Gasteiger partial charge in [0.15, 0.2) is 0 Å². The Hall–Kier alpha value is -2.32. The molecule has 3 N–H and O–H groups in total. The summed E-state index contributed by atoms with van der Waals surface area (Å²) >= 11 is 9.92. The van der Waals surface area contributed by atoms with Gasteiger partial charge in [-0.2, -0.15) is 0 Å². The van der Waals surface area contributed by atoms with Crippen LogP contribution in [-0.2, 0) is 17.6 Å². The number of nitrogens with zero attached hydrogens (tertiary/aromatic N) is 3. The van der Waals surface area contributed by atoms with Gasteiger partial charge in [-0.25, -0.2) is 0 Å². The minimum atomic E-state index is 0.00669. The van der Waals surface area contributed by atoms with Gasteiger partial charge in [-0.1, -0.05) is 17.7 Å². The minimum Gasteiger partial charge on any atom is -0.333 e. The lowest BCUT2D eigenvalue weighted by Gasteiger charge is -2.37. The number of amides is 1. The van der Waals surface area contributed by atoms with Gasteiger partial charge in [-0.15, -0.1) is 0 Å². The second kappa shape index (κ2) is 11.4. The molecule has 34 heavy (non-hydrogen) atoms. The van der Waals surface area contributed by atoms with Crippen LogP contribution in [0.1, 0.15) is 41.3 Å². The van der Waals surface area contributed by atoms with Crippen molar-refractivity contribution in [2.24, 2.45) is 11.7 Å². The van der Waals surface area contributed by atoms with Crippen molar-refractivity contribution in [3.05, 3.63) is 86.9 Å². The van der Waals surface area contributed by atoms with Gasteiger partial charge in [0.1, 0.15) is 0 Å². The summed E-state index contributed by atoms with van der Waals surface area (Å²) in [5, 5.41) is 3.80. The van der Waals surface area contributed by atoms with E-state index in [1.807, 2.05) is 24.4 Å². The Morgan fingerprint density at radius 3 is 2.53 bits per heavy atom. The van der Waals surface area contributed by atoms with Crippen LogP contribution in [0, 0.1) is 5.92 Å². The van der Waals surface area contributed by atoms with Gasteiger partial charge in [0.25, 0.3) is 0 Å². The lowest BCUT2D eigenvalue weighted by Crippen LogP contribution is -2.41. The number of aryl methyl sites for hydroxylation is 2. The molecule has 0 radical (unpaired) electrons. The van der Waals surface area contributed by atoms with Crippen molar-refractivity contribution in [3.8, 4) is 0 Å². The van der Waals surface area contributed by atoms with Crippen LogP contribution < -0.4 is 11.1 Å². The third-order valence-electron chi connectivity index (χ3n) is 6.50. The van der Waals surface area contributed by atoms with Crippen LogP contribution in [0.2, 0.25) is 5.02 Å². The van der Waals surface area contributed by atoms with Crippen molar-refractivity contribution in [2.75, 3.05) is 25.5 Å². The molecule has 3 heterocycles. The van der Waals surface area contributed by atoms with Crippen LogP contribution >= 0.6 is 27.5 Å². The molecule has 1 fully saturated rings. The molecule has 1 aromatic carbocycles. The van der Waals surface area contributed by atoms with Gasteiger partial charge in [0, 0.05) is 39.7 Å². The predicted molar refractivity (Wildman–Crippen MR) is 140 cm³/mol. The monoisotopic (exact) mass is 541 g/mol. The Morgan fingerprint density at radius 1 is 1.09 bits per heavy atom. The highest BCUT2D eigenvalue weighted by Gasteiger charge is 2.34. The number of likely N-dealkylation sites (tertiary alicyclic amines) is 1. The number of aromatic nitrogens is 2. The quantitative estimate of drug-likeness (QED) is 0.486. The SMILES string of the molecule is CN.O=C(Nc1ccncc1)C1CCN(C2c3ccc(Cl)cc3CCc3cc(Br)cnc32)CC1. The number of carbonyl (C=O) groups excluding carboxylic acids is 1. The number of benzene rings is 1. The highest BCUT2D eigenvalue weighted by atomic mass is 79.9. The largest absolute Gasteiger partial charge is 0.333 e. The average Bonchev–Trinajstić information content (AvgIpc) is 3.02. The van der Waals surface area contributed by atoms with Crippen molar-refractivity contribution in [2.45, 2.75) is 31.7 Å². The normalized spacial score (nSPS) is 18.1. The summed E-state index contributed by atoms with van der Waals surface area (Å²) in [6, 6.07) is 12.1. The lowest BCUT2D eigenvalue weighted by molar-refractivity contribution is -0.121. The predicted octanol–water partition coefficient (Wildman–Crippen LogP) is 5.01. The summed E-state index contributed by atoms with van der Waals surface area (Å²) in [4.78, 5) is 24.1. The summed E-state index contributed by atoms with van der Waals surface area (Å²) in [6.45, 7) is 1.69. The Morgan fingerprint density at radius 2 is 1.79 bits per heavy atom. The number of halogens is 2. The van der Waals surface area contributed by atoms with E-state index in [4.69, 9.17) is 16.6 Å². The zero-order valence-corrected chi connectivity index (χ0v) is 21.5. The molecule has 1 amide bonds. The molecule has 2 aromatic heterocycles. The first kappa shape index (κ1) is 24.8. The fourth-order valence-corrected chi connectivity index (χ4v) is 5.45. The van der Waals surface area contributed by atoms with E-state index in [-0.39, 0.29) is 17.9 Å². The molecular weight excluding hydrogens is 514 g/mol. The van der Waals surface area contributed by atoms with E-state index in [9.17, 15) is 4.79 Å². The molecule has 2 aliphatic rings. The molecule has 1 saturated heterocycles. The fourth-order valence-electron chi connectivity index (χ4n) is 4.88. The summed E-state index contributed by atoms with van der Waals surface area (Å²) < 4.78 is 1.01. The van der Waals surface area contributed by atoms with Gasteiger partial charge in [0.05, 0.1) is 11.7 Å². The van der Waals surface area contributed by atoms with E-state index in [1.165, 1.54) is 23.7 Å². The zero-order valence-electron chi connectivity index (χ0n) is 19.2. The number of nitrogens with one attached hydrogen (secondary N) is 1. The van der Waals surface area contributed by atoms with Crippen molar-refractivity contribution >= 4 is 39.1 Å². The second-order valence-electron chi connectivity index (χ2n) is 8.48.